The van der Waals surface area contributed by atoms with Gasteiger partial charge in [-0.1, -0.05) is 193 Å². The average molecular weight is 842 g/mol. The van der Waals surface area contributed by atoms with Crippen molar-refractivity contribution in [1.82, 2.24) is 0 Å². The lowest BCUT2D eigenvalue weighted by Gasteiger charge is -2.45. The highest BCUT2D eigenvalue weighted by atomic mass is 15.2. The van der Waals surface area contributed by atoms with E-state index >= 15 is 0 Å². The fourth-order valence-corrected chi connectivity index (χ4v) is 10.1. The van der Waals surface area contributed by atoms with E-state index in [1.807, 2.05) is 12.1 Å². The van der Waals surface area contributed by atoms with E-state index in [0.717, 1.165) is 39.6 Å². The van der Waals surface area contributed by atoms with Crippen LogP contribution in [0.25, 0.3) is 0 Å². The molecule has 2 heterocycles. The smallest absolute Gasteiger partial charge is 0.252 e. The molecule has 0 N–H and O–H groups in total. The number of anilines is 6. The van der Waals surface area contributed by atoms with Crippen LogP contribution >= 0.6 is 0 Å². The molecule has 9 rings (SSSR count). The molecule has 0 spiro atoms. The van der Waals surface area contributed by atoms with Gasteiger partial charge >= 0.3 is 0 Å². The number of rotatable bonds is 6. The van der Waals surface area contributed by atoms with Gasteiger partial charge in [-0.05, 0) is 133 Å². The molecule has 324 valence electrons. The summed E-state index contributed by atoms with van der Waals surface area (Å²) in [5.74, 6) is 0. The molecule has 0 aliphatic carbocycles. The van der Waals surface area contributed by atoms with Crippen LogP contribution in [0.5, 0.6) is 0 Å². The number of benzene rings is 7. The van der Waals surface area contributed by atoms with Crippen LogP contribution in [0.4, 0.5) is 34.1 Å². The van der Waals surface area contributed by atoms with Gasteiger partial charge in [0, 0.05) is 49.1 Å². The van der Waals surface area contributed by atoms with Gasteiger partial charge in [0.2, 0.25) is 0 Å². The first-order chi connectivity index (χ1) is 31.3. The zero-order chi connectivity index (χ0) is 48.2. The second kappa shape index (κ2) is 15.2. The van der Waals surface area contributed by atoms with Crippen molar-refractivity contribution in [2.45, 2.75) is 124 Å². The zero-order valence-electron chi connectivity index (χ0n) is 43.4. The van der Waals surface area contributed by atoms with E-state index in [0.29, 0.717) is 5.56 Å². The lowest BCUT2D eigenvalue weighted by atomic mass is 9.33. The summed E-state index contributed by atoms with van der Waals surface area (Å²) < 4.78 is 27.2. The number of fused-ring (bicyclic) bond motifs is 4. The lowest BCUT2D eigenvalue weighted by Crippen LogP contribution is -2.61. The van der Waals surface area contributed by atoms with Gasteiger partial charge < -0.3 is 9.80 Å². The Hall–Kier alpha value is -5.80. The van der Waals surface area contributed by atoms with Crippen molar-refractivity contribution in [2.24, 2.45) is 0 Å². The highest BCUT2D eigenvalue weighted by molar-refractivity contribution is 7.00. The van der Waals surface area contributed by atoms with Crippen LogP contribution in [-0.2, 0) is 27.1 Å². The summed E-state index contributed by atoms with van der Waals surface area (Å²) in [5.41, 5.74) is 17.5. The third-order valence-corrected chi connectivity index (χ3v) is 14.4. The molecule has 0 saturated carbocycles. The Morgan fingerprint density at radius 2 is 0.828 bits per heavy atom. The van der Waals surface area contributed by atoms with Gasteiger partial charge in [-0.25, -0.2) is 0 Å². The predicted molar refractivity (Wildman–Crippen MR) is 278 cm³/mol. The Labute approximate surface area is 389 Å². The molecule has 0 saturated heterocycles. The van der Waals surface area contributed by atoms with Crippen LogP contribution in [0.2, 0.25) is 0 Å². The third kappa shape index (κ3) is 7.39. The molecule has 0 fully saturated rings. The highest BCUT2D eigenvalue weighted by Crippen LogP contribution is 2.48. The molecule has 0 atom stereocenters. The van der Waals surface area contributed by atoms with Crippen LogP contribution in [-0.4, -0.2) is 6.71 Å². The molecular weight excluding hydrogens is 771 g/mol. The van der Waals surface area contributed by atoms with Gasteiger partial charge in [0.1, 0.15) is 0 Å². The van der Waals surface area contributed by atoms with Crippen LogP contribution < -0.4 is 26.2 Å². The lowest BCUT2D eigenvalue weighted by molar-refractivity contribution is 0.569. The predicted octanol–water partition coefficient (Wildman–Crippen LogP) is 14.6. The summed E-state index contributed by atoms with van der Waals surface area (Å²) in [5, 5.41) is 0. The van der Waals surface area contributed by atoms with Crippen LogP contribution in [0, 0.1) is 6.85 Å². The first-order valence-electron chi connectivity index (χ1n) is 24.7. The molecule has 0 bridgehead atoms. The second-order valence-electron chi connectivity index (χ2n) is 22.6. The first-order valence-corrected chi connectivity index (χ1v) is 23.2. The maximum Gasteiger partial charge on any atom is 0.252 e. The molecule has 2 nitrogen and oxygen atoms in total. The van der Waals surface area contributed by atoms with Gasteiger partial charge in [0.25, 0.3) is 6.71 Å². The molecule has 0 amide bonds. The molecule has 2 aliphatic heterocycles. The Morgan fingerprint density at radius 3 is 1.34 bits per heavy atom. The summed E-state index contributed by atoms with van der Waals surface area (Å²) in [7, 11) is 0. The van der Waals surface area contributed by atoms with Gasteiger partial charge in [0.05, 0.1) is 0 Å². The topological polar surface area (TPSA) is 6.48 Å². The maximum absolute atomic E-state index is 9.06. The fourth-order valence-electron chi connectivity index (χ4n) is 10.1. The molecule has 0 unspecified atom stereocenters. The van der Waals surface area contributed by atoms with E-state index < -0.39 is 6.85 Å². The van der Waals surface area contributed by atoms with E-state index in [2.05, 4.69) is 239 Å². The molecule has 3 heteroatoms. The van der Waals surface area contributed by atoms with Crippen molar-refractivity contribution in [1.29, 1.82) is 0 Å². The number of aryl methyl sites for hydroxylation is 1. The maximum atomic E-state index is 9.06. The minimum atomic E-state index is -2.37. The standard InChI is InChI=1S/C61H67BN2/c1-40-33-54-56-55(34-40)64(49-36-46(58(5,6)7)35-47(37-49)59(8,9)10)53-39-44(57(2,3)4)27-31-50(53)62(56)51-38-45(61(13,14)42-23-19-16-20-24-42)28-32-52(51)63(54)48-29-25-43(26-30-48)60(11,12)41-21-17-15-18-22-41/h15-39H,1-14H3/i1D3. The Kier molecular flexibility index (Phi) is 9.42. The number of hydrogen-bond donors (Lipinski definition) is 0. The summed E-state index contributed by atoms with van der Waals surface area (Å²) in [4.78, 5) is 4.75. The van der Waals surface area contributed by atoms with Crippen molar-refractivity contribution >= 4 is 57.2 Å². The van der Waals surface area contributed by atoms with Crippen LogP contribution in [0.3, 0.4) is 0 Å². The molecule has 64 heavy (non-hydrogen) atoms. The molecule has 0 aromatic heterocycles. The summed E-state index contributed by atoms with van der Waals surface area (Å²) >= 11 is 0. The molecule has 0 radical (unpaired) electrons. The third-order valence-electron chi connectivity index (χ3n) is 14.4. The SMILES string of the molecule is [2H]C([2H])([2H])c1cc2c3c(c1)N(c1cc(C(C)(C)C)cc(C(C)(C)C)c1)c1cc(C(C)(C)C)ccc1B3c1cc(C(C)(C)c3ccccc3)ccc1N2c1ccc(C(C)(C)c2ccccc2)cc1. The molecule has 7 aromatic carbocycles. The zero-order valence-corrected chi connectivity index (χ0v) is 40.4. The van der Waals surface area contributed by atoms with Gasteiger partial charge in [-0.2, -0.15) is 0 Å². The van der Waals surface area contributed by atoms with Crippen molar-refractivity contribution in [3.05, 3.63) is 196 Å². The van der Waals surface area contributed by atoms with Crippen LogP contribution in [0.15, 0.2) is 152 Å². The normalized spacial score (nSPS) is 14.9. The highest BCUT2D eigenvalue weighted by Gasteiger charge is 2.45. The summed E-state index contributed by atoms with van der Waals surface area (Å²) in [6, 6.07) is 55.6. The quantitative estimate of drug-likeness (QED) is 0.154. The van der Waals surface area contributed by atoms with Crippen molar-refractivity contribution in [3.63, 3.8) is 0 Å². The Morgan fingerprint density at radius 1 is 0.359 bits per heavy atom. The Balaban J connectivity index is 1.39. The monoisotopic (exact) mass is 842 g/mol. The first kappa shape index (κ1) is 39.8. The van der Waals surface area contributed by atoms with E-state index in [9.17, 15) is 0 Å². The van der Waals surface area contributed by atoms with E-state index in [4.69, 9.17) is 4.11 Å². The Bertz CT molecular complexity index is 2970. The minimum absolute atomic E-state index is 0.133. The number of nitrogens with zero attached hydrogens (tertiary/aromatic N) is 2. The van der Waals surface area contributed by atoms with Crippen LogP contribution in [0.1, 0.15) is 139 Å². The fraction of sp³-hybridized carbons (Fsp3) is 0.311. The largest absolute Gasteiger partial charge is 0.311 e. The van der Waals surface area contributed by atoms with Gasteiger partial charge in [-0.3, -0.25) is 0 Å². The molecule has 7 aromatic rings. The van der Waals surface area contributed by atoms with E-state index in [1.54, 1.807) is 0 Å². The number of hydrogen-bond acceptors (Lipinski definition) is 2. The second-order valence-corrected chi connectivity index (χ2v) is 22.6. The van der Waals surface area contributed by atoms with E-state index in [1.165, 1.54) is 49.9 Å². The van der Waals surface area contributed by atoms with Gasteiger partial charge in [-0.15, -0.1) is 0 Å². The van der Waals surface area contributed by atoms with Crippen molar-refractivity contribution in [2.75, 3.05) is 9.80 Å². The molecular formula is C61H67BN2. The van der Waals surface area contributed by atoms with Crippen molar-refractivity contribution in [3.8, 4) is 0 Å². The average Bonchev–Trinajstić information content (AvgIpc) is 3.27. The summed E-state index contributed by atoms with van der Waals surface area (Å²) in [6.45, 7) is 27.2. The molecule has 2 aliphatic rings. The van der Waals surface area contributed by atoms with E-state index in [-0.39, 0.29) is 33.8 Å². The van der Waals surface area contributed by atoms with Gasteiger partial charge in [0.15, 0.2) is 0 Å². The minimum Gasteiger partial charge on any atom is -0.311 e. The summed E-state index contributed by atoms with van der Waals surface area (Å²) in [6.07, 6.45) is 0. The van der Waals surface area contributed by atoms with Crippen molar-refractivity contribution < 1.29 is 4.11 Å².